The Hall–Kier alpha value is -2.96. The van der Waals surface area contributed by atoms with E-state index >= 15 is 0 Å². The number of anilines is 1. The predicted molar refractivity (Wildman–Crippen MR) is 104 cm³/mol. The van der Waals surface area contributed by atoms with Gasteiger partial charge in [0.1, 0.15) is 6.54 Å². The molecule has 7 nitrogen and oxygen atoms in total. The molecule has 1 saturated heterocycles. The van der Waals surface area contributed by atoms with Crippen LogP contribution in [0.1, 0.15) is 37.1 Å². The van der Waals surface area contributed by atoms with E-state index in [1.165, 1.54) is 0 Å². The number of carbonyl (C=O) groups is 3. The van der Waals surface area contributed by atoms with Gasteiger partial charge in [0.25, 0.3) is 0 Å². The van der Waals surface area contributed by atoms with Crippen LogP contribution in [-0.2, 0) is 14.4 Å². The monoisotopic (exact) mass is 380 g/mol. The van der Waals surface area contributed by atoms with Gasteiger partial charge in [-0.15, -0.1) is 0 Å². The predicted octanol–water partition coefficient (Wildman–Crippen LogP) is 2.60. The number of fused-ring (bicyclic) bond motifs is 1. The molecule has 2 heterocycles. The van der Waals surface area contributed by atoms with E-state index in [4.69, 9.17) is 0 Å². The second-order valence-electron chi connectivity index (χ2n) is 7.66. The van der Waals surface area contributed by atoms with Gasteiger partial charge in [-0.1, -0.05) is 25.0 Å². The highest BCUT2D eigenvalue weighted by atomic mass is 16.2. The third-order valence-electron chi connectivity index (χ3n) is 5.65. The van der Waals surface area contributed by atoms with Crippen molar-refractivity contribution in [2.45, 2.75) is 39.5 Å². The van der Waals surface area contributed by atoms with Gasteiger partial charge in [-0.25, -0.2) is 4.68 Å². The van der Waals surface area contributed by atoms with Crippen molar-refractivity contribution in [1.29, 1.82) is 0 Å². The van der Waals surface area contributed by atoms with E-state index in [-0.39, 0.29) is 36.1 Å². The largest absolute Gasteiger partial charge is 0.323 e. The van der Waals surface area contributed by atoms with Gasteiger partial charge in [0.05, 0.1) is 28.9 Å². The first-order chi connectivity index (χ1) is 13.5. The van der Waals surface area contributed by atoms with Crippen LogP contribution in [0.4, 0.5) is 5.69 Å². The molecular formula is C21H24N4O3. The fraction of sp³-hybridized carbons (Fsp3) is 0.429. The van der Waals surface area contributed by atoms with Gasteiger partial charge in [0.15, 0.2) is 0 Å². The molecule has 0 bridgehead atoms. The Kier molecular flexibility index (Phi) is 4.75. The Morgan fingerprint density at radius 2 is 1.75 bits per heavy atom. The summed E-state index contributed by atoms with van der Waals surface area (Å²) in [6.45, 7) is 3.62. The van der Waals surface area contributed by atoms with Crippen molar-refractivity contribution < 1.29 is 14.4 Å². The molecule has 2 fully saturated rings. The molecule has 3 amide bonds. The highest BCUT2D eigenvalue weighted by Gasteiger charge is 2.48. The van der Waals surface area contributed by atoms with Crippen molar-refractivity contribution in [3.05, 3.63) is 41.7 Å². The summed E-state index contributed by atoms with van der Waals surface area (Å²) < 4.78 is 1.77. The van der Waals surface area contributed by atoms with Crippen molar-refractivity contribution in [3.8, 4) is 5.69 Å². The zero-order valence-electron chi connectivity index (χ0n) is 16.1. The summed E-state index contributed by atoms with van der Waals surface area (Å²) in [6.07, 6.45) is 3.43. The third kappa shape index (κ3) is 3.21. The summed E-state index contributed by atoms with van der Waals surface area (Å²) in [5.41, 5.74) is 3.17. The maximum Gasteiger partial charge on any atom is 0.244 e. The maximum absolute atomic E-state index is 12.7. The molecule has 146 valence electrons. The molecule has 1 aromatic carbocycles. The lowest BCUT2D eigenvalue weighted by Gasteiger charge is -2.19. The number of nitrogens with zero attached hydrogens (tertiary/aromatic N) is 3. The summed E-state index contributed by atoms with van der Waals surface area (Å²) in [5.74, 6) is -1.25. The Morgan fingerprint density at radius 3 is 2.36 bits per heavy atom. The van der Waals surface area contributed by atoms with E-state index in [2.05, 4.69) is 10.4 Å². The van der Waals surface area contributed by atoms with Crippen molar-refractivity contribution >= 4 is 23.4 Å². The molecule has 1 aliphatic carbocycles. The minimum Gasteiger partial charge on any atom is -0.323 e. The smallest absolute Gasteiger partial charge is 0.244 e. The second-order valence-corrected chi connectivity index (χ2v) is 7.66. The second kappa shape index (κ2) is 7.22. The fourth-order valence-electron chi connectivity index (χ4n) is 4.36. The van der Waals surface area contributed by atoms with Crippen molar-refractivity contribution in [1.82, 2.24) is 14.7 Å². The van der Waals surface area contributed by atoms with Crippen LogP contribution in [0.15, 0.2) is 30.3 Å². The number of hydrogen-bond donors (Lipinski definition) is 1. The van der Waals surface area contributed by atoms with Gasteiger partial charge in [-0.3, -0.25) is 19.3 Å². The molecule has 2 aromatic rings. The van der Waals surface area contributed by atoms with E-state index in [0.29, 0.717) is 5.69 Å². The maximum atomic E-state index is 12.7. The van der Waals surface area contributed by atoms with Gasteiger partial charge < -0.3 is 5.32 Å². The fourth-order valence-corrected chi connectivity index (χ4v) is 4.36. The van der Waals surface area contributed by atoms with E-state index in [0.717, 1.165) is 47.7 Å². The van der Waals surface area contributed by atoms with Crippen LogP contribution in [0.3, 0.4) is 0 Å². The first-order valence-electron chi connectivity index (χ1n) is 9.73. The van der Waals surface area contributed by atoms with Crippen LogP contribution >= 0.6 is 0 Å². The molecule has 28 heavy (non-hydrogen) atoms. The number of benzene rings is 1. The normalized spacial score (nSPS) is 21.7. The molecule has 0 radical (unpaired) electrons. The Labute approximate surface area is 163 Å². The summed E-state index contributed by atoms with van der Waals surface area (Å²) in [4.78, 5) is 39.0. The minimum absolute atomic E-state index is 0.198. The molecule has 1 aromatic heterocycles. The molecule has 2 atom stereocenters. The highest BCUT2D eigenvalue weighted by molar-refractivity contribution is 6.08. The number of aromatic nitrogens is 2. The van der Waals surface area contributed by atoms with E-state index in [1.807, 2.05) is 38.1 Å². The molecular weight excluding hydrogens is 356 g/mol. The van der Waals surface area contributed by atoms with Gasteiger partial charge in [0.2, 0.25) is 17.7 Å². The quantitative estimate of drug-likeness (QED) is 0.827. The molecule has 2 unspecified atom stereocenters. The van der Waals surface area contributed by atoms with Crippen LogP contribution in [0.5, 0.6) is 0 Å². The Bertz CT molecular complexity index is 925. The first-order valence-corrected chi connectivity index (χ1v) is 9.73. The van der Waals surface area contributed by atoms with Crippen LogP contribution in [0.25, 0.3) is 5.69 Å². The number of nitrogens with one attached hydrogen (secondary N) is 1. The number of aryl methyl sites for hydroxylation is 2. The molecule has 2 aliphatic rings. The van der Waals surface area contributed by atoms with Gasteiger partial charge >= 0.3 is 0 Å². The highest BCUT2D eigenvalue weighted by Crippen LogP contribution is 2.37. The number of imide groups is 1. The molecule has 0 spiro atoms. The van der Waals surface area contributed by atoms with Crippen LogP contribution in [0, 0.1) is 25.7 Å². The lowest BCUT2D eigenvalue weighted by Crippen LogP contribution is -2.38. The zero-order valence-corrected chi connectivity index (χ0v) is 16.1. The lowest BCUT2D eigenvalue weighted by molar-refractivity contribution is -0.142. The van der Waals surface area contributed by atoms with Crippen LogP contribution < -0.4 is 5.32 Å². The topological polar surface area (TPSA) is 84.3 Å². The van der Waals surface area contributed by atoms with Gasteiger partial charge in [-0.05, 0) is 44.9 Å². The van der Waals surface area contributed by atoms with Crippen molar-refractivity contribution in [2.24, 2.45) is 11.8 Å². The molecule has 7 heteroatoms. The standard InChI is InChI=1S/C21H24N4O3/c1-13-11-14(2)25(23-13)18-10-6-5-9-17(18)22-19(26)12-24-20(27)15-7-3-4-8-16(15)21(24)28/h5-6,9-11,15-16H,3-4,7-8,12H2,1-2H3,(H,22,26). The first kappa shape index (κ1) is 18.4. The van der Waals surface area contributed by atoms with Crippen LogP contribution in [-0.4, -0.2) is 38.9 Å². The number of carbonyl (C=O) groups excluding carboxylic acids is 3. The number of para-hydroxylation sites is 2. The summed E-state index contributed by atoms with van der Waals surface area (Å²) in [5, 5.41) is 7.32. The Balaban J connectivity index is 1.51. The molecule has 1 aliphatic heterocycles. The van der Waals surface area contributed by atoms with E-state index in [9.17, 15) is 14.4 Å². The summed E-state index contributed by atoms with van der Waals surface area (Å²) >= 11 is 0. The molecule has 1 saturated carbocycles. The Morgan fingerprint density at radius 1 is 1.11 bits per heavy atom. The third-order valence-corrected chi connectivity index (χ3v) is 5.65. The SMILES string of the molecule is Cc1cc(C)n(-c2ccccc2NC(=O)CN2C(=O)C3CCCCC3C2=O)n1. The van der Waals surface area contributed by atoms with E-state index < -0.39 is 0 Å². The average Bonchev–Trinajstić information content (AvgIpc) is 3.14. The summed E-state index contributed by atoms with van der Waals surface area (Å²) in [7, 11) is 0. The van der Waals surface area contributed by atoms with E-state index in [1.54, 1.807) is 10.7 Å². The van der Waals surface area contributed by atoms with Crippen molar-refractivity contribution in [2.75, 3.05) is 11.9 Å². The number of amides is 3. The summed E-state index contributed by atoms with van der Waals surface area (Å²) in [6, 6.07) is 9.32. The number of likely N-dealkylation sites (tertiary alicyclic amines) is 1. The number of rotatable bonds is 4. The zero-order chi connectivity index (χ0) is 19.8. The minimum atomic E-state index is -0.380. The molecule has 4 rings (SSSR count). The average molecular weight is 380 g/mol. The van der Waals surface area contributed by atoms with Crippen LogP contribution in [0.2, 0.25) is 0 Å². The van der Waals surface area contributed by atoms with Gasteiger partial charge in [-0.2, -0.15) is 5.10 Å². The lowest BCUT2D eigenvalue weighted by atomic mass is 9.81. The van der Waals surface area contributed by atoms with Gasteiger partial charge in [0, 0.05) is 5.69 Å². The van der Waals surface area contributed by atoms with Crippen molar-refractivity contribution in [3.63, 3.8) is 0 Å². The number of hydrogen-bond acceptors (Lipinski definition) is 4. The molecule has 1 N–H and O–H groups in total.